The number of hydrogen-bond acceptors (Lipinski definition) is 5. The number of ether oxygens (including phenoxy) is 1. The van der Waals surface area contributed by atoms with Crippen molar-refractivity contribution in [1.82, 2.24) is 9.88 Å². The maximum Gasteiger partial charge on any atom is 0.257 e. The molecule has 8 heteroatoms. The quantitative estimate of drug-likeness (QED) is 0.564. The number of benzene rings is 2. The van der Waals surface area contributed by atoms with E-state index in [1.807, 2.05) is 12.1 Å². The standard InChI is InChI=1S/C24H22Cl2N2O4/c1-23(31,14-29)16-5-10-21-20(11-16)22(30)28(13-19-9-8-18(26)12-27-19)24(21,32-2)15-3-6-17(25)7-4-15/h3-12,29,31H,13-14H2,1-2H3/t23?,24-/m1/s1. The molecule has 2 atom stereocenters. The molecule has 166 valence electrons. The molecule has 1 aliphatic rings. The van der Waals surface area contributed by atoms with Crippen LogP contribution in [0.1, 0.15) is 39.7 Å². The average molecular weight is 473 g/mol. The summed E-state index contributed by atoms with van der Waals surface area (Å²) in [7, 11) is 1.54. The van der Waals surface area contributed by atoms with E-state index in [0.717, 1.165) is 0 Å². The van der Waals surface area contributed by atoms with Crippen molar-refractivity contribution in [1.29, 1.82) is 0 Å². The highest BCUT2D eigenvalue weighted by atomic mass is 35.5. The molecule has 4 rings (SSSR count). The molecule has 2 aromatic carbocycles. The van der Waals surface area contributed by atoms with Gasteiger partial charge in [0.1, 0.15) is 5.60 Å². The summed E-state index contributed by atoms with van der Waals surface area (Å²) >= 11 is 12.1. The molecule has 0 fully saturated rings. The van der Waals surface area contributed by atoms with Crippen molar-refractivity contribution in [3.63, 3.8) is 0 Å². The first-order valence-electron chi connectivity index (χ1n) is 9.95. The van der Waals surface area contributed by atoms with Crippen LogP contribution in [0.3, 0.4) is 0 Å². The molecule has 0 saturated carbocycles. The van der Waals surface area contributed by atoms with Gasteiger partial charge in [0.25, 0.3) is 5.91 Å². The third-order valence-corrected chi connectivity index (χ3v) is 6.29. The lowest BCUT2D eigenvalue weighted by Gasteiger charge is -2.38. The van der Waals surface area contributed by atoms with Crippen LogP contribution in [0.2, 0.25) is 10.0 Å². The topological polar surface area (TPSA) is 82.9 Å². The van der Waals surface area contributed by atoms with Gasteiger partial charge >= 0.3 is 0 Å². The maximum absolute atomic E-state index is 13.7. The van der Waals surface area contributed by atoms with E-state index in [0.29, 0.717) is 38.0 Å². The van der Waals surface area contributed by atoms with Crippen molar-refractivity contribution in [2.24, 2.45) is 0 Å². The number of halogens is 2. The number of amides is 1. The number of rotatable bonds is 6. The molecule has 1 aromatic heterocycles. The van der Waals surface area contributed by atoms with Crippen molar-refractivity contribution >= 4 is 29.1 Å². The Hall–Kier alpha value is -2.48. The number of carbonyl (C=O) groups is 1. The molecule has 0 aliphatic carbocycles. The Morgan fingerprint density at radius 1 is 1.09 bits per heavy atom. The molecule has 6 nitrogen and oxygen atoms in total. The summed E-state index contributed by atoms with van der Waals surface area (Å²) in [5, 5.41) is 21.2. The maximum atomic E-state index is 13.7. The van der Waals surface area contributed by atoms with Gasteiger partial charge in [0, 0.05) is 35.0 Å². The number of aromatic nitrogens is 1. The van der Waals surface area contributed by atoms with Crippen LogP contribution >= 0.6 is 23.2 Å². The van der Waals surface area contributed by atoms with Gasteiger partial charge in [-0.2, -0.15) is 0 Å². The van der Waals surface area contributed by atoms with Gasteiger partial charge in [-0.15, -0.1) is 0 Å². The fraction of sp³-hybridized carbons (Fsp3) is 0.250. The van der Waals surface area contributed by atoms with Crippen LogP contribution in [0.5, 0.6) is 0 Å². The number of aliphatic hydroxyl groups is 2. The predicted molar refractivity (Wildman–Crippen MR) is 121 cm³/mol. The predicted octanol–water partition coefficient (Wildman–Crippen LogP) is 4.09. The zero-order valence-electron chi connectivity index (χ0n) is 17.5. The van der Waals surface area contributed by atoms with Gasteiger partial charge in [0.15, 0.2) is 5.72 Å². The van der Waals surface area contributed by atoms with E-state index in [1.165, 1.54) is 20.2 Å². The summed E-state index contributed by atoms with van der Waals surface area (Å²) in [6, 6.07) is 15.6. The van der Waals surface area contributed by atoms with Gasteiger partial charge in [0.2, 0.25) is 0 Å². The largest absolute Gasteiger partial charge is 0.393 e. The Morgan fingerprint density at radius 3 is 2.38 bits per heavy atom. The van der Waals surface area contributed by atoms with E-state index >= 15 is 0 Å². The molecule has 1 aliphatic heterocycles. The summed E-state index contributed by atoms with van der Waals surface area (Å²) in [5.74, 6) is -0.288. The minimum atomic E-state index is -1.49. The van der Waals surface area contributed by atoms with Crippen LogP contribution < -0.4 is 0 Å². The number of methoxy groups -OCH3 is 1. The SMILES string of the molecule is CO[C@]1(c2ccc(Cl)cc2)c2ccc(C(C)(O)CO)cc2C(=O)N1Cc1ccc(Cl)cn1. The molecule has 0 spiro atoms. The first-order chi connectivity index (χ1) is 15.2. The number of aliphatic hydroxyl groups excluding tert-OH is 1. The second kappa shape index (κ2) is 8.46. The number of carbonyl (C=O) groups excluding carboxylic acids is 1. The Balaban J connectivity index is 1.91. The van der Waals surface area contributed by atoms with Crippen LogP contribution in [0.4, 0.5) is 0 Å². The molecule has 1 unspecified atom stereocenters. The third kappa shape index (κ3) is 3.68. The lowest BCUT2D eigenvalue weighted by molar-refractivity contribution is -0.0868. The van der Waals surface area contributed by atoms with E-state index in [-0.39, 0.29) is 12.5 Å². The highest BCUT2D eigenvalue weighted by Crippen LogP contribution is 2.46. The zero-order valence-corrected chi connectivity index (χ0v) is 19.1. The lowest BCUT2D eigenvalue weighted by Crippen LogP contribution is -2.45. The first kappa shape index (κ1) is 22.7. The molecule has 2 N–H and O–H groups in total. The molecule has 3 aromatic rings. The van der Waals surface area contributed by atoms with Gasteiger partial charge in [-0.05, 0) is 42.8 Å². The van der Waals surface area contributed by atoms with Crippen LogP contribution in [0, 0.1) is 0 Å². The fourth-order valence-corrected chi connectivity index (χ4v) is 4.28. The number of hydrogen-bond donors (Lipinski definition) is 2. The molecule has 0 saturated heterocycles. The van der Waals surface area contributed by atoms with E-state index < -0.39 is 17.9 Å². The number of fused-ring (bicyclic) bond motifs is 1. The Kier molecular flexibility index (Phi) is 6.00. The third-order valence-electron chi connectivity index (χ3n) is 5.81. The number of pyridine rings is 1. The molecule has 0 bridgehead atoms. The second-order valence-corrected chi connectivity index (χ2v) is 8.78. The Bertz CT molecular complexity index is 1150. The Morgan fingerprint density at radius 2 is 1.78 bits per heavy atom. The van der Waals surface area contributed by atoms with Crippen molar-refractivity contribution in [2.45, 2.75) is 24.8 Å². The molecule has 2 heterocycles. The van der Waals surface area contributed by atoms with Crippen LogP contribution in [-0.4, -0.2) is 39.7 Å². The molecule has 0 radical (unpaired) electrons. The molecule has 32 heavy (non-hydrogen) atoms. The molecular formula is C24H22Cl2N2O4. The highest BCUT2D eigenvalue weighted by molar-refractivity contribution is 6.30. The smallest absolute Gasteiger partial charge is 0.257 e. The van der Waals surface area contributed by atoms with Crippen LogP contribution in [0.25, 0.3) is 0 Å². The molecule has 1 amide bonds. The van der Waals surface area contributed by atoms with Crippen molar-refractivity contribution in [3.05, 3.63) is 98.8 Å². The van der Waals surface area contributed by atoms with E-state index in [9.17, 15) is 15.0 Å². The van der Waals surface area contributed by atoms with E-state index in [4.69, 9.17) is 27.9 Å². The van der Waals surface area contributed by atoms with Crippen LogP contribution in [-0.2, 0) is 22.6 Å². The summed E-state index contributed by atoms with van der Waals surface area (Å²) in [5.41, 5.74) is 0.0550. The summed E-state index contributed by atoms with van der Waals surface area (Å²) in [6.07, 6.45) is 1.53. The minimum Gasteiger partial charge on any atom is -0.393 e. The van der Waals surface area contributed by atoms with Crippen molar-refractivity contribution in [2.75, 3.05) is 13.7 Å². The Labute approximate surface area is 196 Å². The van der Waals surface area contributed by atoms with E-state index in [2.05, 4.69) is 4.98 Å². The minimum absolute atomic E-state index is 0.160. The lowest BCUT2D eigenvalue weighted by atomic mass is 9.89. The normalized spacial score (nSPS) is 19.7. The van der Waals surface area contributed by atoms with Crippen molar-refractivity contribution in [3.8, 4) is 0 Å². The number of nitrogens with zero attached hydrogens (tertiary/aromatic N) is 2. The second-order valence-electron chi connectivity index (χ2n) is 7.91. The highest BCUT2D eigenvalue weighted by Gasteiger charge is 2.52. The van der Waals surface area contributed by atoms with Gasteiger partial charge in [-0.1, -0.05) is 47.5 Å². The van der Waals surface area contributed by atoms with Crippen LogP contribution in [0.15, 0.2) is 60.8 Å². The van der Waals surface area contributed by atoms with Gasteiger partial charge < -0.3 is 14.9 Å². The summed E-state index contributed by atoms with van der Waals surface area (Å²) < 4.78 is 6.08. The van der Waals surface area contributed by atoms with Gasteiger partial charge in [0.05, 0.1) is 23.9 Å². The van der Waals surface area contributed by atoms with E-state index in [1.54, 1.807) is 47.4 Å². The van der Waals surface area contributed by atoms with Gasteiger partial charge in [-0.25, -0.2) is 0 Å². The van der Waals surface area contributed by atoms with Crippen molar-refractivity contribution < 1.29 is 19.7 Å². The zero-order chi connectivity index (χ0) is 23.1. The first-order valence-corrected chi connectivity index (χ1v) is 10.7. The van der Waals surface area contributed by atoms with Gasteiger partial charge in [-0.3, -0.25) is 14.7 Å². The summed E-state index contributed by atoms with van der Waals surface area (Å²) in [4.78, 5) is 19.6. The average Bonchev–Trinajstić information content (AvgIpc) is 3.03. The fourth-order valence-electron chi connectivity index (χ4n) is 4.05. The monoisotopic (exact) mass is 472 g/mol. The molecular weight excluding hydrogens is 451 g/mol. The summed E-state index contributed by atoms with van der Waals surface area (Å²) in [6.45, 7) is 1.17.